The predicted molar refractivity (Wildman–Crippen MR) is 84.2 cm³/mol. The van der Waals surface area contributed by atoms with Crippen LogP contribution in [0.15, 0.2) is 29.2 Å². The molecule has 0 spiro atoms. The van der Waals surface area contributed by atoms with Crippen molar-refractivity contribution in [1.82, 2.24) is 10.0 Å². The Hall–Kier alpha value is -2.40. The van der Waals surface area contributed by atoms with E-state index in [4.69, 9.17) is 0 Å². The van der Waals surface area contributed by atoms with Crippen LogP contribution in [0.3, 0.4) is 0 Å². The average molecular weight is 347 g/mol. The first-order valence-electron chi connectivity index (χ1n) is 7.64. The van der Waals surface area contributed by atoms with E-state index in [0.717, 1.165) is 6.26 Å². The van der Waals surface area contributed by atoms with Crippen LogP contribution in [0, 0.1) is 16.7 Å². The van der Waals surface area contributed by atoms with Crippen LogP contribution in [0.1, 0.15) is 29.6 Å². The van der Waals surface area contributed by atoms with Crippen LogP contribution in [0.25, 0.3) is 0 Å². The molecule has 0 radical (unpaired) electrons. The highest BCUT2D eigenvalue weighted by Gasteiger charge is 2.54. The quantitative estimate of drug-likeness (QED) is 0.812. The van der Waals surface area contributed by atoms with E-state index in [0.29, 0.717) is 32.4 Å². The van der Waals surface area contributed by atoms with Crippen LogP contribution in [-0.4, -0.2) is 49.6 Å². The third-order valence-electron chi connectivity index (χ3n) is 4.39. The first-order chi connectivity index (χ1) is 11.3. The van der Waals surface area contributed by atoms with E-state index in [2.05, 4.69) is 0 Å². The topological polar surface area (TPSA) is 98.6 Å². The number of hydrogen-bond acceptors (Lipinski definition) is 5. The maximum Gasteiger partial charge on any atom is 0.273 e. The van der Waals surface area contributed by atoms with E-state index < -0.39 is 21.2 Å². The van der Waals surface area contributed by atoms with Gasteiger partial charge in [-0.1, -0.05) is 12.1 Å². The fraction of sp³-hybridized carbons (Fsp3) is 0.438. The highest BCUT2D eigenvalue weighted by molar-refractivity contribution is 7.90. The van der Waals surface area contributed by atoms with Gasteiger partial charge in [0.1, 0.15) is 5.41 Å². The molecule has 0 N–H and O–H groups in total. The average Bonchev–Trinajstić information content (AvgIpc) is 3.21. The van der Waals surface area contributed by atoms with Crippen molar-refractivity contribution in [2.24, 2.45) is 5.41 Å². The number of hydrazine groups is 1. The van der Waals surface area contributed by atoms with E-state index in [1.165, 1.54) is 22.2 Å². The molecular weight excluding hydrogens is 330 g/mol. The summed E-state index contributed by atoms with van der Waals surface area (Å²) in [6.07, 6.45) is 2.64. The monoisotopic (exact) mass is 347 g/mol. The number of amides is 2. The first-order valence-corrected chi connectivity index (χ1v) is 9.53. The summed E-state index contributed by atoms with van der Waals surface area (Å²) in [7, 11) is -3.57. The van der Waals surface area contributed by atoms with Crippen molar-refractivity contribution in [2.45, 2.75) is 24.2 Å². The fourth-order valence-electron chi connectivity index (χ4n) is 2.89. The zero-order chi connectivity index (χ0) is 17.5. The number of nitrogens with zero attached hydrogens (tertiary/aromatic N) is 3. The summed E-state index contributed by atoms with van der Waals surface area (Å²) < 4.78 is 23.8. The van der Waals surface area contributed by atoms with Gasteiger partial charge >= 0.3 is 0 Å². The second-order valence-corrected chi connectivity index (χ2v) is 8.16. The molecule has 0 unspecified atom stereocenters. The van der Waals surface area contributed by atoms with E-state index in [-0.39, 0.29) is 16.4 Å². The maximum atomic E-state index is 12.8. The summed E-state index contributed by atoms with van der Waals surface area (Å²) in [4.78, 5) is 25.4. The molecule has 1 aromatic carbocycles. The van der Waals surface area contributed by atoms with Gasteiger partial charge in [0.05, 0.1) is 16.5 Å². The van der Waals surface area contributed by atoms with Crippen LogP contribution in [-0.2, 0) is 14.6 Å². The molecule has 0 bridgehead atoms. The molecule has 24 heavy (non-hydrogen) atoms. The van der Waals surface area contributed by atoms with Gasteiger partial charge in [-0.25, -0.2) is 18.4 Å². The molecule has 1 aliphatic carbocycles. The van der Waals surface area contributed by atoms with Gasteiger partial charge in [-0.05, 0) is 31.4 Å². The predicted octanol–water partition coefficient (Wildman–Crippen LogP) is 0.983. The van der Waals surface area contributed by atoms with Crippen LogP contribution in [0.5, 0.6) is 0 Å². The fourth-order valence-corrected chi connectivity index (χ4v) is 3.77. The van der Waals surface area contributed by atoms with Gasteiger partial charge in [0.15, 0.2) is 9.84 Å². The number of hydrogen-bond donors (Lipinski definition) is 0. The number of sulfone groups is 1. The van der Waals surface area contributed by atoms with Gasteiger partial charge in [-0.2, -0.15) is 5.26 Å². The number of carbonyl (C=O) groups excluding carboxylic acids is 2. The van der Waals surface area contributed by atoms with Crippen LogP contribution in [0.2, 0.25) is 0 Å². The number of nitriles is 1. The molecule has 8 heteroatoms. The summed E-state index contributed by atoms with van der Waals surface area (Å²) in [5.74, 6) is -0.900. The molecular formula is C16H17N3O4S. The van der Waals surface area contributed by atoms with Crippen molar-refractivity contribution in [2.75, 3.05) is 19.3 Å². The summed E-state index contributed by atoms with van der Waals surface area (Å²) in [5, 5.41) is 11.8. The van der Waals surface area contributed by atoms with Crippen molar-refractivity contribution >= 4 is 21.7 Å². The van der Waals surface area contributed by atoms with Gasteiger partial charge in [0.2, 0.25) is 0 Å². The lowest BCUT2D eigenvalue weighted by Gasteiger charge is -2.29. The molecule has 1 saturated carbocycles. The third kappa shape index (κ3) is 2.65. The van der Waals surface area contributed by atoms with Crippen molar-refractivity contribution in [3.63, 3.8) is 0 Å². The largest absolute Gasteiger partial charge is 0.273 e. The molecule has 2 fully saturated rings. The number of rotatable bonds is 3. The van der Waals surface area contributed by atoms with Crippen molar-refractivity contribution < 1.29 is 18.0 Å². The minimum Gasteiger partial charge on any atom is -0.271 e. The zero-order valence-electron chi connectivity index (χ0n) is 13.2. The van der Waals surface area contributed by atoms with E-state index in [1.807, 2.05) is 6.07 Å². The van der Waals surface area contributed by atoms with Gasteiger partial charge in [0.25, 0.3) is 11.8 Å². The lowest BCUT2D eigenvalue weighted by molar-refractivity contribution is -0.144. The second kappa shape index (κ2) is 5.60. The molecule has 0 aromatic heterocycles. The molecule has 1 heterocycles. The second-order valence-electron chi connectivity index (χ2n) is 6.17. The number of carbonyl (C=O) groups is 2. The Kier molecular flexibility index (Phi) is 3.84. The lowest BCUT2D eigenvalue weighted by atomic mass is 10.1. The van der Waals surface area contributed by atoms with Crippen molar-refractivity contribution in [3.8, 4) is 6.07 Å². The molecule has 2 aliphatic rings. The molecule has 2 amide bonds. The van der Waals surface area contributed by atoms with Gasteiger partial charge < -0.3 is 0 Å². The Bertz CT molecular complexity index is 852. The summed E-state index contributed by atoms with van der Waals surface area (Å²) in [6, 6.07) is 7.99. The van der Waals surface area contributed by atoms with Crippen LogP contribution in [0.4, 0.5) is 0 Å². The van der Waals surface area contributed by atoms with Crippen LogP contribution < -0.4 is 0 Å². The molecule has 1 aromatic rings. The maximum absolute atomic E-state index is 12.8. The van der Waals surface area contributed by atoms with Crippen LogP contribution >= 0.6 is 0 Å². The smallest absolute Gasteiger partial charge is 0.271 e. The highest BCUT2D eigenvalue weighted by atomic mass is 32.2. The minimum absolute atomic E-state index is 0.0431. The van der Waals surface area contributed by atoms with Gasteiger partial charge in [-0.3, -0.25) is 9.59 Å². The van der Waals surface area contributed by atoms with Gasteiger partial charge in [0, 0.05) is 19.3 Å². The summed E-state index contributed by atoms with van der Waals surface area (Å²) >= 11 is 0. The normalized spacial score (nSPS) is 19.0. The van der Waals surface area contributed by atoms with E-state index in [9.17, 15) is 23.3 Å². The highest BCUT2D eigenvalue weighted by Crippen LogP contribution is 2.47. The zero-order valence-corrected chi connectivity index (χ0v) is 14.0. The molecule has 126 valence electrons. The molecule has 3 rings (SSSR count). The Morgan fingerprint density at radius 2 is 1.79 bits per heavy atom. The number of benzene rings is 1. The molecule has 7 nitrogen and oxygen atoms in total. The Labute approximate surface area is 140 Å². The lowest BCUT2D eigenvalue weighted by Crippen LogP contribution is -2.47. The summed E-state index contributed by atoms with van der Waals surface area (Å²) in [5.41, 5.74) is -0.972. The summed E-state index contributed by atoms with van der Waals surface area (Å²) in [6.45, 7) is 0.680. The van der Waals surface area contributed by atoms with Gasteiger partial charge in [-0.15, -0.1) is 0 Å². The molecule has 1 saturated heterocycles. The van der Waals surface area contributed by atoms with E-state index in [1.54, 1.807) is 12.1 Å². The Morgan fingerprint density at radius 1 is 1.17 bits per heavy atom. The third-order valence-corrected chi connectivity index (χ3v) is 5.55. The molecule has 0 atom stereocenters. The van der Waals surface area contributed by atoms with Crippen molar-refractivity contribution in [3.05, 3.63) is 29.8 Å². The Balaban J connectivity index is 1.93. The minimum atomic E-state index is -3.57. The van der Waals surface area contributed by atoms with Crippen molar-refractivity contribution in [1.29, 1.82) is 5.26 Å². The standard InChI is InChI=1S/C16H17N3O4S/c1-24(22,23)13-6-3-2-5-12(13)14(20)18-9-4-10-19(18)15(21)16(11-17)7-8-16/h2-3,5-6H,4,7-10H2,1H3. The Morgan fingerprint density at radius 3 is 2.38 bits per heavy atom. The SMILES string of the molecule is CS(=O)(=O)c1ccccc1C(=O)N1CCCN1C(=O)C1(C#N)CC1. The van der Waals surface area contributed by atoms with E-state index >= 15 is 0 Å². The molecule has 1 aliphatic heterocycles. The first kappa shape index (κ1) is 16.5.